The van der Waals surface area contributed by atoms with Crippen molar-refractivity contribution in [2.75, 3.05) is 0 Å². The Balaban J connectivity index is 2.17. The monoisotopic (exact) mass is 222 g/mol. The summed E-state index contributed by atoms with van der Waals surface area (Å²) in [5, 5.41) is 0. The van der Waals surface area contributed by atoms with Crippen molar-refractivity contribution < 1.29 is 0 Å². The van der Waals surface area contributed by atoms with Gasteiger partial charge in [0.2, 0.25) is 0 Å². The fourth-order valence-electron chi connectivity index (χ4n) is 2.97. The third-order valence-electron chi connectivity index (χ3n) is 3.94. The van der Waals surface area contributed by atoms with E-state index in [0.717, 1.165) is 0 Å². The van der Waals surface area contributed by atoms with Gasteiger partial charge in [0.05, 0.1) is 0 Å². The molecule has 3 rings (SSSR count). The summed E-state index contributed by atoms with van der Waals surface area (Å²) in [6.07, 6.45) is 9.29. The molecular weight excluding hydrogens is 204 g/mol. The fourth-order valence-corrected chi connectivity index (χ4v) is 2.97. The van der Waals surface area contributed by atoms with Crippen LogP contribution in [0.25, 0.3) is 6.08 Å². The highest BCUT2D eigenvalue weighted by Gasteiger charge is 2.26. The van der Waals surface area contributed by atoms with Crippen molar-refractivity contribution in [2.24, 2.45) is 5.92 Å². The minimum atomic E-state index is 0.564. The Hall–Kier alpha value is -1.56. The van der Waals surface area contributed by atoms with Crippen LogP contribution in [-0.2, 0) is 0 Å². The van der Waals surface area contributed by atoms with Gasteiger partial charge in [0.25, 0.3) is 0 Å². The molecule has 86 valence electrons. The molecule has 2 aliphatic rings. The summed E-state index contributed by atoms with van der Waals surface area (Å²) in [7, 11) is 0. The van der Waals surface area contributed by atoms with Crippen molar-refractivity contribution in [1.29, 1.82) is 0 Å². The van der Waals surface area contributed by atoms with E-state index in [1.54, 1.807) is 0 Å². The van der Waals surface area contributed by atoms with E-state index in [4.69, 9.17) is 0 Å². The maximum absolute atomic E-state index is 2.36. The van der Waals surface area contributed by atoms with Gasteiger partial charge in [-0.05, 0) is 36.5 Å². The molecule has 0 aliphatic heterocycles. The van der Waals surface area contributed by atoms with Gasteiger partial charge in [0, 0.05) is 5.92 Å². The van der Waals surface area contributed by atoms with Crippen molar-refractivity contribution >= 4 is 6.08 Å². The quantitative estimate of drug-likeness (QED) is 0.600. The Bertz CT molecular complexity index is 555. The van der Waals surface area contributed by atoms with Gasteiger partial charge in [-0.1, -0.05) is 60.6 Å². The molecule has 0 bridgehead atoms. The smallest absolute Gasteiger partial charge is 0.00878 e. The lowest BCUT2D eigenvalue weighted by molar-refractivity contribution is 0.615. The fraction of sp³-hybridized carbons (Fsp3) is 0.294. The van der Waals surface area contributed by atoms with E-state index in [1.165, 1.54) is 27.8 Å². The number of rotatable bonds is 0. The standard InChI is InChI=1S/C17H18/c1-11-4-6-16-13(3)17-7-5-12(2)9-15(17)10-14(16)8-11/h4-10,13,16H,1-3H3. The Morgan fingerprint density at radius 2 is 1.88 bits per heavy atom. The van der Waals surface area contributed by atoms with Gasteiger partial charge < -0.3 is 0 Å². The van der Waals surface area contributed by atoms with Crippen LogP contribution in [-0.4, -0.2) is 0 Å². The molecular formula is C17H18. The van der Waals surface area contributed by atoms with E-state index < -0.39 is 0 Å². The SMILES string of the molecule is CC1=CC2=Cc3cc(C)ccc3C(C)C2C=C1. The summed E-state index contributed by atoms with van der Waals surface area (Å²) in [6, 6.07) is 6.82. The van der Waals surface area contributed by atoms with Gasteiger partial charge in [-0.15, -0.1) is 0 Å². The number of hydrogen-bond acceptors (Lipinski definition) is 0. The van der Waals surface area contributed by atoms with Crippen LogP contribution in [0.2, 0.25) is 0 Å². The predicted molar refractivity (Wildman–Crippen MR) is 74.0 cm³/mol. The lowest BCUT2D eigenvalue weighted by Gasteiger charge is -2.31. The first-order valence-electron chi connectivity index (χ1n) is 6.34. The van der Waals surface area contributed by atoms with E-state index in [-0.39, 0.29) is 0 Å². The van der Waals surface area contributed by atoms with E-state index >= 15 is 0 Å². The Morgan fingerprint density at radius 3 is 2.71 bits per heavy atom. The van der Waals surface area contributed by atoms with Crippen LogP contribution < -0.4 is 0 Å². The highest BCUT2D eigenvalue weighted by Crippen LogP contribution is 2.41. The van der Waals surface area contributed by atoms with E-state index in [1.807, 2.05) is 0 Å². The van der Waals surface area contributed by atoms with Crippen LogP contribution in [0.1, 0.15) is 36.5 Å². The molecule has 0 radical (unpaired) electrons. The summed E-state index contributed by atoms with van der Waals surface area (Å²) < 4.78 is 0. The summed E-state index contributed by atoms with van der Waals surface area (Å²) >= 11 is 0. The van der Waals surface area contributed by atoms with Gasteiger partial charge in [-0.2, -0.15) is 0 Å². The maximum atomic E-state index is 2.36. The second-order valence-corrected chi connectivity index (χ2v) is 5.34. The van der Waals surface area contributed by atoms with Gasteiger partial charge in [0.1, 0.15) is 0 Å². The molecule has 0 saturated heterocycles. The first kappa shape index (κ1) is 10.6. The zero-order chi connectivity index (χ0) is 12.0. The van der Waals surface area contributed by atoms with Gasteiger partial charge in [0.15, 0.2) is 0 Å². The number of fused-ring (bicyclic) bond motifs is 2. The zero-order valence-electron chi connectivity index (χ0n) is 10.7. The third-order valence-corrected chi connectivity index (χ3v) is 3.94. The Labute approximate surface area is 103 Å². The molecule has 0 amide bonds. The van der Waals surface area contributed by atoms with Crippen LogP contribution in [0.4, 0.5) is 0 Å². The lowest BCUT2D eigenvalue weighted by Crippen LogP contribution is -2.16. The molecule has 2 aliphatic carbocycles. The average molecular weight is 222 g/mol. The van der Waals surface area contributed by atoms with E-state index in [0.29, 0.717) is 11.8 Å². The topological polar surface area (TPSA) is 0 Å². The Kier molecular flexibility index (Phi) is 2.32. The molecule has 0 saturated carbocycles. The highest BCUT2D eigenvalue weighted by atomic mass is 14.3. The maximum Gasteiger partial charge on any atom is 0.00878 e. The number of hydrogen-bond donors (Lipinski definition) is 0. The van der Waals surface area contributed by atoms with Crippen molar-refractivity contribution in [3.05, 3.63) is 64.3 Å². The largest absolute Gasteiger partial charge is 0.0761 e. The molecule has 0 aromatic heterocycles. The molecule has 2 unspecified atom stereocenters. The van der Waals surface area contributed by atoms with Gasteiger partial charge in [-0.3, -0.25) is 0 Å². The number of aryl methyl sites for hydroxylation is 1. The predicted octanol–water partition coefficient (Wildman–Crippen LogP) is 4.63. The van der Waals surface area contributed by atoms with Crippen molar-refractivity contribution in [3.8, 4) is 0 Å². The summed E-state index contributed by atoms with van der Waals surface area (Å²) in [4.78, 5) is 0. The van der Waals surface area contributed by atoms with Crippen LogP contribution in [0.3, 0.4) is 0 Å². The van der Waals surface area contributed by atoms with Crippen LogP contribution >= 0.6 is 0 Å². The zero-order valence-corrected chi connectivity index (χ0v) is 10.7. The van der Waals surface area contributed by atoms with Crippen LogP contribution in [0, 0.1) is 12.8 Å². The highest BCUT2D eigenvalue weighted by molar-refractivity contribution is 5.67. The number of allylic oxidation sites excluding steroid dienone is 5. The molecule has 0 spiro atoms. The van der Waals surface area contributed by atoms with Gasteiger partial charge in [-0.25, -0.2) is 0 Å². The molecule has 0 fully saturated rings. The first-order valence-corrected chi connectivity index (χ1v) is 6.34. The average Bonchev–Trinajstić information content (AvgIpc) is 2.28. The molecule has 0 heterocycles. The minimum Gasteiger partial charge on any atom is -0.0761 e. The molecule has 17 heavy (non-hydrogen) atoms. The number of benzene rings is 1. The molecule has 0 nitrogen and oxygen atoms in total. The summed E-state index contributed by atoms with van der Waals surface area (Å²) in [5.74, 6) is 1.15. The van der Waals surface area contributed by atoms with Crippen molar-refractivity contribution in [3.63, 3.8) is 0 Å². The molecule has 0 heteroatoms. The third kappa shape index (κ3) is 1.68. The lowest BCUT2D eigenvalue weighted by atomic mass is 9.73. The van der Waals surface area contributed by atoms with Crippen molar-refractivity contribution in [1.82, 2.24) is 0 Å². The van der Waals surface area contributed by atoms with Crippen LogP contribution in [0.5, 0.6) is 0 Å². The van der Waals surface area contributed by atoms with Crippen molar-refractivity contribution in [2.45, 2.75) is 26.7 Å². The molecule has 2 atom stereocenters. The second-order valence-electron chi connectivity index (χ2n) is 5.34. The van der Waals surface area contributed by atoms with E-state index in [2.05, 4.69) is 63.3 Å². The van der Waals surface area contributed by atoms with Gasteiger partial charge >= 0.3 is 0 Å². The Morgan fingerprint density at radius 1 is 1.06 bits per heavy atom. The molecule has 0 N–H and O–H groups in total. The molecule has 1 aromatic carbocycles. The first-order chi connectivity index (χ1) is 8.15. The van der Waals surface area contributed by atoms with E-state index in [9.17, 15) is 0 Å². The summed E-state index contributed by atoms with van der Waals surface area (Å²) in [5.41, 5.74) is 7.06. The van der Waals surface area contributed by atoms with Crippen LogP contribution in [0.15, 0.2) is 47.6 Å². The minimum absolute atomic E-state index is 0.564. The summed E-state index contributed by atoms with van der Waals surface area (Å²) in [6.45, 7) is 6.67. The normalized spacial score (nSPS) is 25.8. The second kappa shape index (κ2) is 3.73. The molecule has 1 aromatic rings.